The van der Waals surface area contributed by atoms with Crippen molar-refractivity contribution >= 4 is 17.7 Å². The van der Waals surface area contributed by atoms with E-state index >= 15 is 0 Å². The summed E-state index contributed by atoms with van der Waals surface area (Å²) in [6.45, 7) is 1.23. The fourth-order valence-electron chi connectivity index (χ4n) is 2.42. The van der Waals surface area contributed by atoms with Crippen LogP contribution in [0.15, 0.2) is 29.4 Å². The van der Waals surface area contributed by atoms with Crippen LogP contribution in [0.4, 0.5) is 4.39 Å². The number of nitrogens with one attached hydrogen (secondary N) is 1. The lowest BCUT2D eigenvalue weighted by atomic mass is 10.2. The molecule has 0 spiro atoms. The largest absolute Gasteiger partial charge is 0.482 e. The molecule has 0 aliphatic carbocycles. The summed E-state index contributed by atoms with van der Waals surface area (Å²) in [6, 6.07) is 6.06. The Morgan fingerprint density at radius 1 is 1.46 bits per heavy atom. The first-order valence-electron chi connectivity index (χ1n) is 8.21. The summed E-state index contributed by atoms with van der Waals surface area (Å²) in [7, 11) is 0. The number of nitrogens with zero attached hydrogens (tertiary/aromatic N) is 3. The van der Waals surface area contributed by atoms with Gasteiger partial charge in [0.05, 0.1) is 11.9 Å². The van der Waals surface area contributed by atoms with Gasteiger partial charge >= 0.3 is 0 Å². The molecule has 1 amide bonds. The summed E-state index contributed by atoms with van der Waals surface area (Å²) >= 11 is 1.17. The zero-order chi connectivity index (χ0) is 18.4. The highest BCUT2D eigenvalue weighted by molar-refractivity contribution is 7.99. The van der Waals surface area contributed by atoms with E-state index in [0.717, 1.165) is 19.4 Å². The van der Waals surface area contributed by atoms with Gasteiger partial charge in [-0.15, -0.1) is 10.2 Å². The highest BCUT2D eigenvalue weighted by atomic mass is 32.2. The van der Waals surface area contributed by atoms with Crippen molar-refractivity contribution in [3.63, 3.8) is 0 Å². The topological polar surface area (TPSA) is 104 Å². The Labute approximate surface area is 154 Å². The first-order chi connectivity index (χ1) is 12.6. The van der Waals surface area contributed by atoms with Crippen LogP contribution in [0.5, 0.6) is 5.75 Å². The second kappa shape index (κ2) is 8.86. The first kappa shape index (κ1) is 18.5. The number of nitrogen functional groups attached to an aromatic ring is 1. The summed E-state index contributed by atoms with van der Waals surface area (Å²) in [5.74, 6) is 5.92. The number of nitrogens with two attached hydrogens (primary N) is 1. The summed E-state index contributed by atoms with van der Waals surface area (Å²) in [5, 5.41) is 11.1. The van der Waals surface area contributed by atoms with Gasteiger partial charge in [-0.2, -0.15) is 0 Å². The van der Waals surface area contributed by atoms with Crippen LogP contribution in [-0.2, 0) is 16.1 Å². The average Bonchev–Trinajstić information content (AvgIpc) is 3.28. The lowest BCUT2D eigenvalue weighted by molar-refractivity contribution is -0.119. The first-order valence-corrected chi connectivity index (χ1v) is 9.20. The molecular formula is C16H20FN5O3S. The Balaban J connectivity index is 1.45. The van der Waals surface area contributed by atoms with Gasteiger partial charge in [0, 0.05) is 13.2 Å². The fourth-order valence-corrected chi connectivity index (χ4v) is 3.13. The molecule has 0 unspecified atom stereocenters. The van der Waals surface area contributed by atoms with Crippen LogP contribution in [0.25, 0.3) is 0 Å². The van der Waals surface area contributed by atoms with Gasteiger partial charge in [-0.05, 0) is 25.0 Å². The van der Waals surface area contributed by atoms with Crippen LogP contribution in [-0.4, -0.2) is 45.8 Å². The molecule has 3 N–H and O–H groups in total. The van der Waals surface area contributed by atoms with Crippen molar-refractivity contribution in [2.45, 2.75) is 30.7 Å². The SMILES string of the molecule is Nn1c(COc2ccccc2F)nnc1SCC(=O)NC[C@@H]1CCCO1. The van der Waals surface area contributed by atoms with Crippen molar-refractivity contribution in [1.29, 1.82) is 0 Å². The van der Waals surface area contributed by atoms with Crippen molar-refractivity contribution in [2.75, 3.05) is 24.7 Å². The smallest absolute Gasteiger partial charge is 0.230 e. The molecule has 8 nitrogen and oxygen atoms in total. The normalized spacial score (nSPS) is 16.6. The van der Waals surface area contributed by atoms with Gasteiger partial charge in [0.1, 0.15) is 6.61 Å². The van der Waals surface area contributed by atoms with E-state index in [0.29, 0.717) is 17.5 Å². The Hall–Kier alpha value is -2.33. The second-order valence-electron chi connectivity index (χ2n) is 5.72. The highest BCUT2D eigenvalue weighted by Gasteiger charge is 2.17. The Morgan fingerprint density at radius 3 is 3.08 bits per heavy atom. The molecule has 0 bridgehead atoms. The molecule has 1 atom stereocenters. The average molecular weight is 381 g/mol. The summed E-state index contributed by atoms with van der Waals surface area (Å²) in [4.78, 5) is 11.9. The maximum atomic E-state index is 13.5. The summed E-state index contributed by atoms with van der Waals surface area (Å²) in [5.41, 5.74) is 0. The quantitative estimate of drug-likeness (QED) is 0.521. The van der Waals surface area contributed by atoms with Crippen molar-refractivity contribution in [2.24, 2.45) is 0 Å². The molecule has 2 heterocycles. The molecule has 1 fully saturated rings. The molecule has 0 saturated carbocycles. The zero-order valence-corrected chi connectivity index (χ0v) is 14.9. The molecule has 1 aliphatic rings. The van der Waals surface area contributed by atoms with E-state index in [-0.39, 0.29) is 30.1 Å². The van der Waals surface area contributed by atoms with E-state index in [1.165, 1.54) is 28.6 Å². The summed E-state index contributed by atoms with van der Waals surface area (Å²) < 4.78 is 25.6. The molecule has 1 saturated heterocycles. The number of halogens is 1. The number of carbonyl (C=O) groups is 1. The Bertz CT molecular complexity index is 751. The Morgan fingerprint density at radius 2 is 2.31 bits per heavy atom. The van der Waals surface area contributed by atoms with Crippen LogP contribution in [0.2, 0.25) is 0 Å². The van der Waals surface area contributed by atoms with E-state index in [2.05, 4.69) is 15.5 Å². The van der Waals surface area contributed by atoms with Crippen LogP contribution in [0, 0.1) is 5.82 Å². The number of ether oxygens (including phenoxy) is 2. The van der Waals surface area contributed by atoms with Gasteiger partial charge in [0.15, 0.2) is 17.4 Å². The number of rotatable bonds is 8. The van der Waals surface area contributed by atoms with Crippen molar-refractivity contribution < 1.29 is 18.7 Å². The molecule has 140 valence electrons. The predicted molar refractivity (Wildman–Crippen MR) is 93.6 cm³/mol. The number of hydrogen-bond acceptors (Lipinski definition) is 7. The zero-order valence-electron chi connectivity index (χ0n) is 14.1. The van der Waals surface area contributed by atoms with Crippen LogP contribution in [0.1, 0.15) is 18.7 Å². The maximum Gasteiger partial charge on any atom is 0.230 e. The lowest BCUT2D eigenvalue weighted by Crippen LogP contribution is -2.33. The lowest BCUT2D eigenvalue weighted by Gasteiger charge is -2.10. The van der Waals surface area contributed by atoms with Crippen LogP contribution >= 0.6 is 11.8 Å². The molecule has 1 aromatic heterocycles. The number of carbonyl (C=O) groups excluding carboxylic acids is 1. The van der Waals surface area contributed by atoms with E-state index in [4.69, 9.17) is 15.3 Å². The maximum absolute atomic E-state index is 13.5. The minimum atomic E-state index is -0.465. The standard InChI is InChI=1S/C16H20FN5O3S/c17-12-5-1-2-6-13(12)25-9-14-20-21-16(22(14)18)26-10-15(23)19-8-11-4-3-7-24-11/h1-2,5-6,11H,3-4,7-10,18H2,(H,19,23)/t11-/m0/s1. The van der Waals surface area contributed by atoms with Crippen LogP contribution in [0.3, 0.4) is 0 Å². The van der Waals surface area contributed by atoms with Crippen LogP contribution < -0.4 is 15.9 Å². The molecule has 0 radical (unpaired) electrons. The number of hydrogen-bond donors (Lipinski definition) is 2. The van der Waals surface area contributed by atoms with Crippen molar-refractivity contribution in [3.8, 4) is 5.75 Å². The van der Waals surface area contributed by atoms with Crippen molar-refractivity contribution in [1.82, 2.24) is 20.2 Å². The second-order valence-corrected chi connectivity index (χ2v) is 6.66. The molecule has 1 aliphatic heterocycles. The number of para-hydroxylation sites is 1. The Kier molecular flexibility index (Phi) is 6.29. The van der Waals surface area contributed by atoms with Gasteiger partial charge in [-0.25, -0.2) is 9.07 Å². The number of benzene rings is 1. The number of thioether (sulfide) groups is 1. The minimum Gasteiger partial charge on any atom is -0.482 e. The monoisotopic (exact) mass is 381 g/mol. The van der Waals surface area contributed by atoms with Gasteiger partial charge in [0.25, 0.3) is 0 Å². The van der Waals surface area contributed by atoms with Gasteiger partial charge in [-0.3, -0.25) is 4.79 Å². The number of amides is 1. The van der Waals surface area contributed by atoms with Gasteiger partial charge < -0.3 is 20.6 Å². The van der Waals surface area contributed by atoms with E-state index in [1.807, 2.05) is 0 Å². The molecule has 1 aromatic carbocycles. The summed E-state index contributed by atoms with van der Waals surface area (Å²) in [6.07, 6.45) is 2.10. The van der Waals surface area contributed by atoms with Gasteiger partial charge in [0.2, 0.25) is 11.1 Å². The fraction of sp³-hybridized carbons (Fsp3) is 0.438. The van der Waals surface area contributed by atoms with Crippen molar-refractivity contribution in [3.05, 3.63) is 35.9 Å². The third-order valence-electron chi connectivity index (χ3n) is 3.81. The third kappa shape index (κ3) is 4.85. The molecule has 10 heteroatoms. The van der Waals surface area contributed by atoms with Gasteiger partial charge in [-0.1, -0.05) is 23.9 Å². The predicted octanol–water partition coefficient (Wildman–Crippen LogP) is 1.10. The highest BCUT2D eigenvalue weighted by Crippen LogP contribution is 2.18. The number of aromatic nitrogens is 3. The van der Waals surface area contributed by atoms with E-state index in [1.54, 1.807) is 12.1 Å². The molecule has 2 aromatic rings. The van der Waals surface area contributed by atoms with E-state index < -0.39 is 5.82 Å². The van der Waals surface area contributed by atoms with E-state index in [9.17, 15) is 9.18 Å². The minimum absolute atomic E-state index is 0.0315. The molecule has 26 heavy (non-hydrogen) atoms. The third-order valence-corrected chi connectivity index (χ3v) is 4.75. The molecule has 3 rings (SSSR count). The molecular weight excluding hydrogens is 361 g/mol.